The van der Waals surface area contributed by atoms with Gasteiger partial charge in [-0.15, -0.1) is 0 Å². The number of hydrogen-bond acceptors (Lipinski definition) is 4. The number of rotatable bonds is 5. The number of fused-ring (bicyclic) bond motifs is 1. The van der Waals surface area contributed by atoms with Crippen molar-refractivity contribution >= 4 is 11.0 Å². The van der Waals surface area contributed by atoms with Crippen LogP contribution in [-0.2, 0) is 6.54 Å². The van der Waals surface area contributed by atoms with Crippen molar-refractivity contribution in [2.45, 2.75) is 6.54 Å². The van der Waals surface area contributed by atoms with E-state index in [4.69, 9.17) is 9.15 Å². The lowest BCUT2D eigenvalue weighted by atomic mass is 10.1. The molecule has 0 aliphatic heterocycles. The van der Waals surface area contributed by atoms with Crippen molar-refractivity contribution in [2.24, 2.45) is 0 Å². The smallest absolute Gasteiger partial charge is 0.193 e. The summed E-state index contributed by atoms with van der Waals surface area (Å²) in [6.07, 6.45) is 5.36. The van der Waals surface area contributed by atoms with Crippen LogP contribution in [0.3, 0.4) is 0 Å². The van der Waals surface area contributed by atoms with Crippen molar-refractivity contribution < 1.29 is 9.15 Å². The third-order valence-corrected chi connectivity index (χ3v) is 3.94. The molecule has 0 spiro atoms. The Morgan fingerprint density at radius 1 is 1.08 bits per heavy atom. The van der Waals surface area contributed by atoms with E-state index in [0.29, 0.717) is 35.6 Å². The molecule has 4 rings (SSSR count). The van der Waals surface area contributed by atoms with Gasteiger partial charge in [-0.05, 0) is 12.1 Å². The Labute approximate surface area is 144 Å². The van der Waals surface area contributed by atoms with E-state index < -0.39 is 0 Å². The highest BCUT2D eigenvalue weighted by atomic mass is 16.5. The van der Waals surface area contributed by atoms with Crippen LogP contribution in [-0.4, -0.2) is 16.2 Å². The van der Waals surface area contributed by atoms with Gasteiger partial charge in [-0.25, -0.2) is 4.98 Å². The van der Waals surface area contributed by atoms with E-state index in [1.165, 1.54) is 6.07 Å². The van der Waals surface area contributed by atoms with Crippen LogP contribution in [0.25, 0.3) is 22.3 Å². The zero-order valence-corrected chi connectivity index (χ0v) is 13.5. The predicted octanol–water partition coefficient (Wildman–Crippen LogP) is 3.74. The lowest BCUT2D eigenvalue weighted by Crippen LogP contribution is -2.07. The van der Waals surface area contributed by atoms with Crippen LogP contribution in [0.2, 0.25) is 0 Å². The number of hydrogen-bond donors (Lipinski definition) is 0. The van der Waals surface area contributed by atoms with Crippen molar-refractivity contribution in [2.75, 3.05) is 6.61 Å². The summed E-state index contributed by atoms with van der Waals surface area (Å²) in [5, 5.41) is 0.543. The molecule has 0 unspecified atom stereocenters. The highest BCUT2D eigenvalue weighted by Crippen LogP contribution is 2.24. The Bertz CT molecular complexity index is 1040. The quantitative estimate of drug-likeness (QED) is 0.559. The van der Waals surface area contributed by atoms with E-state index in [-0.39, 0.29) is 5.43 Å². The van der Waals surface area contributed by atoms with Crippen molar-refractivity contribution in [1.82, 2.24) is 9.55 Å². The Morgan fingerprint density at radius 3 is 2.76 bits per heavy atom. The van der Waals surface area contributed by atoms with Crippen molar-refractivity contribution in [1.29, 1.82) is 0 Å². The van der Waals surface area contributed by atoms with Crippen LogP contribution < -0.4 is 10.2 Å². The molecule has 5 heteroatoms. The molecule has 0 aliphatic carbocycles. The van der Waals surface area contributed by atoms with E-state index in [0.717, 1.165) is 5.56 Å². The van der Waals surface area contributed by atoms with Gasteiger partial charge in [0.15, 0.2) is 5.43 Å². The molecule has 0 N–H and O–H groups in total. The summed E-state index contributed by atoms with van der Waals surface area (Å²) in [6.45, 7) is 1.20. The first kappa shape index (κ1) is 15.2. The standard InChI is InChI=1S/C20H16N2O3/c23-18-13-19(15-4-2-1-3-5-15)25-20-12-16(6-7-17(18)20)24-11-10-22-9-8-21-14-22/h1-9,12-14H,10-11H2. The highest BCUT2D eigenvalue weighted by Gasteiger charge is 2.08. The first-order valence-electron chi connectivity index (χ1n) is 8.01. The molecule has 0 saturated carbocycles. The van der Waals surface area contributed by atoms with Crippen molar-refractivity contribution in [3.8, 4) is 17.1 Å². The fourth-order valence-corrected chi connectivity index (χ4v) is 2.66. The minimum Gasteiger partial charge on any atom is -0.492 e. The molecule has 2 aromatic carbocycles. The van der Waals surface area contributed by atoms with Gasteiger partial charge in [-0.3, -0.25) is 4.79 Å². The summed E-state index contributed by atoms with van der Waals surface area (Å²) < 4.78 is 13.6. The van der Waals surface area contributed by atoms with Crippen LogP contribution in [0.15, 0.2) is 82.5 Å². The van der Waals surface area contributed by atoms with Gasteiger partial charge in [0.25, 0.3) is 0 Å². The highest BCUT2D eigenvalue weighted by molar-refractivity contribution is 5.80. The monoisotopic (exact) mass is 332 g/mol. The maximum absolute atomic E-state index is 12.3. The van der Waals surface area contributed by atoms with Gasteiger partial charge in [-0.1, -0.05) is 30.3 Å². The zero-order valence-electron chi connectivity index (χ0n) is 13.5. The molecule has 0 bridgehead atoms. The second-order valence-corrected chi connectivity index (χ2v) is 5.65. The van der Waals surface area contributed by atoms with E-state index in [1.54, 1.807) is 30.7 Å². The second kappa shape index (κ2) is 6.65. The SMILES string of the molecule is O=c1cc(-c2ccccc2)oc2cc(OCCn3ccnc3)ccc12. The van der Waals surface area contributed by atoms with Crippen molar-refractivity contribution in [3.05, 3.63) is 83.5 Å². The van der Waals surface area contributed by atoms with Gasteiger partial charge in [0, 0.05) is 30.1 Å². The average molecular weight is 332 g/mol. The minimum absolute atomic E-state index is 0.0648. The van der Waals surface area contributed by atoms with E-state index in [1.807, 2.05) is 41.1 Å². The summed E-state index contributed by atoms with van der Waals surface area (Å²) in [4.78, 5) is 16.3. The number of benzene rings is 2. The average Bonchev–Trinajstić information content (AvgIpc) is 3.16. The van der Waals surface area contributed by atoms with Gasteiger partial charge in [0.1, 0.15) is 23.7 Å². The number of imidazole rings is 1. The lowest BCUT2D eigenvalue weighted by molar-refractivity contribution is 0.298. The molecule has 124 valence electrons. The molecule has 0 fully saturated rings. The van der Waals surface area contributed by atoms with Crippen LogP contribution in [0, 0.1) is 0 Å². The summed E-state index contributed by atoms with van der Waals surface area (Å²) in [6, 6.07) is 16.4. The van der Waals surface area contributed by atoms with Crippen molar-refractivity contribution in [3.63, 3.8) is 0 Å². The molecule has 0 radical (unpaired) electrons. The van der Waals surface area contributed by atoms with Gasteiger partial charge >= 0.3 is 0 Å². The largest absolute Gasteiger partial charge is 0.492 e. The molecule has 5 nitrogen and oxygen atoms in total. The summed E-state index contributed by atoms with van der Waals surface area (Å²) in [5.74, 6) is 1.22. The second-order valence-electron chi connectivity index (χ2n) is 5.65. The fraction of sp³-hybridized carbons (Fsp3) is 0.100. The first-order chi connectivity index (χ1) is 12.3. The fourth-order valence-electron chi connectivity index (χ4n) is 2.66. The normalized spacial score (nSPS) is 10.9. The van der Waals surface area contributed by atoms with Crippen LogP contribution in [0.4, 0.5) is 0 Å². The van der Waals surface area contributed by atoms with Crippen LogP contribution >= 0.6 is 0 Å². The maximum Gasteiger partial charge on any atom is 0.193 e. The van der Waals surface area contributed by atoms with Crippen LogP contribution in [0.1, 0.15) is 0 Å². The third-order valence-electron chi connectivity index (χ3n) is 3.94. The molecule has 0 atom stereocenters. The topological polar surface area (TPSA) is 57.3 Å². The number of aromatic nitrogens is 2. The van der Waals surface area contributed by atoms with Gasteiger partial charge in [-0.2, -0.15) is 0 Å². The Hall–Kier alpha value is -3.34. The molecule has 0 saturated heterocycles. The van der Waals surface area contributed by atoms with Gasteiger partial charge in [0.05, 0.1) is 18.3 Å². The Kier molecular flexibility index (Phi) is 4.04. The molecule has 4 aromatic rings. The lowest BCUT2D eigenvalue weighted by Gasteiger charge is -2.08. The number of ether oxygens (including phenoxy) is 1. The third kappa shape index (κ3) is 3.30. The van der Waals surface area contributed by atoms with E-state index >= 15 is 0 Å². The summed E-state index contributed by atoms with van der Waals surface area (Å²) >= 11 is 0. The van der Waals surface area contributed by atoms with E-state index in [9.17, 15) is 4.79 Å². The van der Waals surface area contributed by atoms with Gasteiger partial charge < -0.3 is 13.7 Å². The molecular formula is C20H16N2O3. The maximum atomic E-state index is 12.3. The summed E-state index contributed by atoms with van der Waals surface area (Å²) in [7, 11) is 0. The van der Waals surface area contributed by atoms with E-state index in [2.05, 4.69) is 4.98 Å². The zero-order chi connectivity index (χ0) is 17.1. The Morgan fingerprint density at radius 2 is 1.96 bits per heavy atom. The first-order valence-corrected chi connectivity index (χ1v) is 8.01. The molecule has 25 heavy (non-hydrogen) atoms. The molecule has 2 heterocycles. The molecule has 2 aromatic heterocycles. The Balaban J connectivity index is 1.61. The van der Waals surface area contributed by atoms with Crippen LogP contribution in [0.5, 0.6) is 5.75 Å². The molecular weight excluding hydrogens is 316 g/mol. The summed E-state index contributed by atoms with van der Waals surface area (Å²) in [5.41, 5.74) is 1.32. The van der Waals surface area contributed by atoms with Gasteiger partial charge in [0.2, 0.25) is 0 Å². The predicted molar refractivity (Wildman–Crippen MR) is 95.6 cm³/mol. The molecule has 0 aliphatic rings. The minimum atomic E-state index is -0.0648. The number of nitrogens with zero attached hydrogens (tertiary/aromatic N) is 2. The molecule has 0 amide bonds.